The van der Waals surface area contributed by atoms with Crippen molar-refractivity contribution < 1.29 is 9.53 Å². The number of hydrogen-bond acceptors (Lipinski definition) is 4. The summed E-state index contributed by atoms with van der Waals surface area (Å²) in [5, 5.41) is 3.53. The summed E-state index contributed by atoms with van der Waals surface area (Å²) in [6.45, 7) is 3.16. The van der Waals surface area contributed by atoms with Gasteiger partial charge in [-0.15, -0.1) is 0 Å². The maximum absolute atomic E-state index is 13.0. The van der Waals surface area contributed by atoms with Crippen LogP contribution in [0.25, 0.3) is 0 Å². The predicted octanol–water partition coefficient (Wildman–Crippen LogP) is 4.07. The Balaban J connectivity index is 1.30. The zero-order chi connectivity index (χ0) is 21.3. The van der Waals surface area contributed by atoms with Gasteiger partial charge < -0.3 is 14.6 Å². The number of halogens is 1. The summed E-state index contributed by atoms with van der Waals surface area (Å²) in [6.07, 6.45) is 4.76. The second kappa shape index (κ2) is 8.46. The molecule has 2 aromatic carbocycles. The molecule has 3 heterocycles. The minimum Gasteiger partial charge on any atom is -0.352 e. The van der Waals surface area contributed by atoms with Gasteiger partial charge in [0.25, 0.3) is 5.91 Å². The second-order valence-corrected chi connectivity index (χ2v) is 8.70. The number of ether oxygens (including phenoxy) is 1. The average molecular weight is 437 g/mol. The number of amides is 1. The molecule has 0 bridgehead atoms. The topological polar surface area (TPSA) is 59.4 Å². The Morgan fingerprint density at radius 1 is 1.16 bits per heavy atom. The smallest absolute Gasteiger partial charge is 0.255 e. The minimum atomic E-state index is -0.582. The largest absolute Gasteiger partial charge is 0.352 e. The number of anilines is 1. The van der Waals surface area contributed by atoms with Crippen LogP contribution in [-0.4, -0.2) is 39.6 Å². The minimum absolute atomic E-state index is 0.160. The standard InChI is InChI=1S/C24H25ClN4O2/c25-19-7-4-8-20(15-19)27-22(30)21-17-29-14-11-26-23(29)24(31-21)9-12-28(13-10-24)16-18-5-2-1-3-6-18/h1-8,11,14-15,21H,9-10,12-13,16-17H2,(H,27,30). The summed E-state index contributed by atoms with van der Waals surface area (Å²) in [4.78, 5) is 20.1. The van der Waals surface area contributed by atoms with Gasteiger partial charge in [0, 0.05) is 42.7 Å². The first-order chi connectivity index (χ1) is 15.1. The molecule has 0 saturated carbocycles. The van der Waals surface area contributed by atoms with Crippen LogP contribution in [0.2, 0.25) is 5.02 Å². The third-order valence-electron chi connectivity index (χ3n) is 6.15. The lowest BCUT2D eigenvalue weighted by Gasteiger charge is -2.45. The number of nitrogens with zero attached hydrogens (tertiary/aromatic N) is 3. The third-order valence-corrected chi connectivity index (χ3v) is 6.39. The van der Waals surface area contributed by atoms with Crippen molar-refractivity contribution in [1.29, 1.82) is 0 Å². The van der Waals surface area contributed by atoms with Gasteiger partial charge in [-0.2, -0.15) is 0 Å². The fourth-order valence-corrected chi connectivity index (χ4v) is 4.77. The number of fused-ring (bicyclic) bond motifs is 2. The molecular weight excluding hydrogens is 412 g/mol. The highest BCUT2D eigenvalue weighted by atomic mass is 35.5. The van der Waals surface area contributed by atoms with Crippen LogP contribution >= 0.6 is 11.6 Å². The Labute approximate surface area is 186 Å². The molecule has 1 unspecified atom stereocenters. The number of nitrogens with one attached hydrogen (secondary N) is 1. The summed E-state index contributed by atoms with van der Waals surface area (Å²) in [5.41, 5.74) is 1.44. The van der Waals surface area contributed by atoms with Gasteiger partial charge in [0.1, 0.15) is 11.4 Å². The van der Waals surface area contributed by atoms with Crippen molar-refractivity contribution >= 4 is 23.2 Å². The van der Waals surface area contributed by atoms with E-state index in [2.05, 4.69) is 44.0 Å². The van der Waals surface area contributed by atoms with Crippen molar-refractivity contribution in [2.24, 2.45) is 0 Å². The third kappa shape index (κ3) is 4.24. The SMILES string of the molecule is O=C(Nc1cccc(Cl)c1)C1Cn2ccnc2C2(CCN(Cc3ccccc3)CC2)O1. The number of carbonyl (C=O) groups excluding carboxylic acids is 1. The summed E-state index contributed by atoms with van der Waals surface area (Å²) in [7, 11) is 0. The van der Waals surface area contributed by atoms with Crippen LogP contribution in [0.1, 0.15) is 24.2 Å². The molecular formula is C24H25ClN4O2. The van der Waals surface area contributed by atoms with E-state index in [-0.39, 0.29) is 5.91 Å². The van der Waals surface area contributed by atoms with Crippen LogP contribution in [0.3, 0.4) is 0 Å². The van der Waals surface area contributed by atoms with Crippen molar-refractivity contribution in [3.05, 3.63) is 83.4 Å². The normalized spacial score (nSPS) is 20.4. The molecule has 2 aliphatic rings. The lowest BCUT2D eigenvalue weighted by atomic mass is 9.88. The Hall–Kier alpha value is -2.67. The van der Waals surface area contributed by atoms with E-state index in [1.165, 1.54) is 5.56 Å². The summed E-state index contributed by atoms with van der Waals surface area (Å²) < 4.78 is 8.58. The first kappa shape index (κ1) is 20.2. The maximum atomic E-state index is 13.0. The maximum Gasteiger partial charge on any atom is 0.255 e. The number of likely N-dealkylation sites (tertiary alicyclic amines) is 1. The summed E-state index contributed by atoms with van der Waals surface area (Å²) >= 11 is 6.06. The van der Waals surface area contributed by atoms with E-state index in [0.717, 1.165) is 38.3 Å². The van der Waals surface area contributed by atoms with Crippen molar-refractivity contribution in [2.75, 3.05) is 18.4 Å². The molecule has 31 heavy (non-hydrogen) atoms. The molecule has 160 valence electrons. The fourth-order valence-electron chi connectivity index (χ4n) is 4.58. The molecule has 3 aromatic rings. The Bertz CT molecular complexity index is 1060. The van der Waals surface area contributed by atoms with Crippen molar-refractivity contribution in [1.82, 2.24) is 14.5 Å². The van der Waals surface area contributed by atoms with E-state index in [1.54, 1.807) is 18.3 Å². The number of imidazole rings is 1. The van der Waals surface area contributed by atoms with E-state index in [9.17, 15) is 4.79 Å². The lowest BCUT2D eigenvalue weighted by Crippen LogP contribution is -2.53. The van der Waals surface area contributed by atoms with Crippen LogP contribution in [0, 0.1) is 0 Å². The molecule has 7 heteroatoms. The molecule has 1 spiro atoms. The van der Waals surface area contributed by atoms with Crippen LogP contribution in [0.4, 0.5) is 5.69 Å². The van der Waals surface area contributed by atoms with E-state index < -0.39 is 11.7 Å². The van der Waals surface area contributed by atoms with Gasteiger partial charge in [-0.25, -0.2) is 4.98 Å². The van der Waals surface area contributed by atoms with Crippen LogP contribution in [-0.2, 0) is 28.2 Å². The molecule has 0 aliphatic carbocycles. The van der Waals surface area contributed by atoms with Gasteiger partial charge in [0.05, 0.1) is 6.54 Å². The van der Waals surface area contributed by atoms with Gasteiger partial charge in [-0.05, 0) is 36.6 Å². The Kier molecular flexibility index (Phi) is 5.52. The van der Waals surface area contributed by atoms with Gasteiger partial charge >= 0.3 is 0 Å². The van der Waals surface area contributed by atoms with Crippen LogP contribution < -0.4 is 5.32 Å². The number of carbonyl (C=O) groups is 1. The summed E-state index contributed by atoms with van der Waals surface area (Å²) in [5.74, 6) is 0.770. The first-order valence-electron chi connectivity index (χ1n) is 10.6. The zero-order valence-electron chi connectivity index (χ0n) is 17.2. The first-order valence-corrected chi connectivity index (χ1v) is 11.0. The van der Waals surface area contributed by atoms with Crippen LogP contribution in [0.15, 0.2) is 67.0 Å². The number of aromatic nitrogens is 2. The number of rotatable bonds is 4. The van der Waals surface area contributed by atoms with E-state index in [1.807, 2.05) is 24.4 Å². The molecule has 1 atom stereocenters. The molecule has 1 amide bonds. The molecule has 2 aliphatic heterocycles. The van der Waals surface area contributed by atoms with Gasteiger partial charge in [-0.1, -0.05) is 48.0 Å². The van der Waals surface area contributed by atoms with Crippen molar-refractivity contribution in [3.63, 3.8) is 0 Å². The Morgan fingerprint density at radius 3 is 2.74 bits per heavy atom. The zero-order valence-corrected chi connectivity index (χ0v) is 18.0. The van der Waals surface area contributed by atoms with Gasteiger partial charge in [0.2, 0.25) is 0 Å². The highest BCUT2D eigenvalue weighted by Gasteiger charge is 2.47. The van der Waals surface area contributed by atoms with Crippen molar-refractivity contribution in [2.45, 2.75) is 37.6 Å². The number of benzene rings is 2. The Morgan fingerprint density at radius 2 is 1.97 bits per heavy atom. The van der Waals surface area contributed by atoms with Gasteiger partial charge in [0.15, 0.2) is 6.10 Å². The molecule has 0 radical (unpaired) electrons. The molecule has 5 rings (SSSR count). The second-order valence-electron chi connectivity index (χ2n) is 8.27. The molecule has 1 aromatic heterocycles. The van der Waals surface area contributed by atoms with Crippen LogP contribution in [0.5, 0.6) is 0 Å². The molecule has 1 saturated heterocycles. The summed E-state index contributed by atoms with van der Waals surface area (Å²) in [6, 6.07) is 17.7. The number of piperidine rings is 1. The van der Waals surface area contributed by atoms with Gasteiger partial charge in [-0.3, -0.25) is 9.69 Å². The lowest BCUT2D eigenvalue weighted by molar-refractivity contribution is -0.170. The highest BCUT2D eigenvalue weighted by Crippen LogP contribution is 2.40. The van der Waals surface area contributed by atoms with Crippen molar-refractivity contribution in [3.8, 4) is 0 Å². The van der Waals surface area contributed by atoms with E-state index in [0.29, 0.717) is 17.3 Å². The average Bonchev–Trinajstić information content (AvgIpc) is 3.26. The number of hydrogen-bond donors (Lipinski definition) is 1. The molecule has 6 nitrogen and oxygen atoms in total. The van der Waals surface area contributed by atoms with E-state index >= 15 is 0 Å². The highest BCUT2D eigenvalue weighted by molar-refractivity contribution is 6.30. The van der Waals surface area contributed by atoms with E-state index in [4.69, 9.17) is 16.3 Å². The molecule has 1 fully saturated rings. The fraction of sp³-hybridized carbons (Fsp3) is 0.333. The monoisotopic (exact) mass is 436 g/mol. The predicted molar refractivity (Wildman–Crippen MR) is 120 cm³/mol. The molecule has 1 N–H and O–H groups in total. The quantitative estimate of drug-likeness (QED) is 0.669.